The second-order valence-electron chi connectivity index (χ2n) is 5.90. The Kier molecular flexibility index (Phi) is 5.48. The first-order valence-corrected chi connectivity index (χ1v) is 7.68. The van der Waals surface area contributed by atoms with Gasteiger partial charge in [0.05, 0.1) is 11.6 Å². The lowest BCUT2D eigenvalue weighted by atomic mass is 9.99. The number of carbonyl (C=O) groups is 2. The highest BCUT2D eigenvalue weighted by Gasteiger charge is 2.36. The summed E-state index contributed by atoms with van der Waals surface area (Å²) in [4.78, 5) is 23.1. The van der Waals surface area contributed by atoms with Crippen molar-refractivity contribution in [2.75, 3.05) is 7.05 Å². The predicted octanol–water partition coefficient (Wildman–Crippen LogP) is 2.59. The topological polar surface area (TPSA) is 70.2 Å². The van der Waals surface area contributed by atoms with Gasteiger partial charge in [0.1, 0.15) is 0 Å². The van der Waals surface area contributed by atoms with Gasteiger partial charge in [-0.1, -0.05) is 12.1 Å². The smallest absolute Gasteiger partial charge is 0.341 e. The Hall–Kier alpha value is -2.09. The number of nitrogens with one attached hydrogen (secondary N) is 3. The van der Waals surface area contributed by atoms with E-state index >= 15 is 0 Å². The quantitative estimate of drug-likeness (QED) is 0.770. The summed E-state index contributed by atoms with van der Waals surface area (Å²) in [5, 5.41) is 7.46. The van der Waals surface area contributed by atoms with E-state index in [2.05, 4.69) is 16.0 Å². The third-order valence-electron chi connectivity index (χ3n) is 3.95. The molecule has 1 aliphatic carbocycles. The average Bonchev–Trinajstić information content (AvgIpc) is 3.36. The van der Waals surface area contributed by atoms with E-state index in [1.165, 1.54) is 13.1 Å². The highest BCUT2D eigenvalue weighted by molar-refractivity contribution is 5.96. The first-order chi connectivity index (χ1) is 11.2. The first kappa shape index (κ1) is 18.3. The molecule has 1 aromatic rings. The summed E-state index contributed by atoms with van der Waals surface area (Å²) in [6.07, 6.45) is -2.64. The number of carbonyl (C=O) groups excluding carboxylic acids is 2. The lowest BCUT2D eigenvalue weighted by Gasteiger charge is -2.24. The number of alkyl halides is 3. The molecule has 2 rings (SSSR count). The van der Waals surface area contributed by atoms with Crippen molar-refractivity contribution in [3.8, 4) is 0 Å². The van der Waals surface area contributed by atoms with Crippen LogP contribution in [0.15, 0.2) is 24.3 Å². The minimum atomic E-state index is -4.41. The second kappa shape index (κ2) is 7.21. The summed E-state index contributed by atoms with van der Waals surface area (Å²) in [6, 6.07) is 3.41. The van der Waals surface area contributed by atoms with Crippen LogP contribution in [0.5, 0.6) is 0 Å². The Balaban J connectivity index is 2.13. The van der Waals surface area contributed by atoms with Crippen LogP contribution < -0.4 is 16.0 Å². The molecular formula is C16H20F3N3O2. The molecule has 1 fully saturated rings. The molecule has 3 amide bonds. The van der Waals surface area contributed by atoms with Crippen molar-refractivity contribution in [3.05, 3.63) is 35.4 Å². The summed E-state index contributed by atoms with van der Waals surface area (Å²) in [5.41, 5.74) is -0.221. The Morgan fingerprint density at radius 3 is 2.46 bits per heavy atom. The van der Waals surface area contributed by atoms with E-state index in [-0.39, 0.29) is 12.0 Å². The fourth-order valence-electron chi connectivity index (χ4n) is 2.47. The zero-order valence-corrected chi connectivity index (χ0v) is 13.4. The lowest BCUT2D eigenvalue weighted by molar-refractivity contribution is -0.137. The van der Waals surface area contributed by atoms with Crippen molar-refractivity contribution in [2.24, 2.45) is 5.92 Å². The van der Waals surface area contributed by atoms with Crippen molar-refractivity contribution in [1.29, 1.82) is 0 Å². The molecule has 3 N–H and O–H groups in total. The predicted molar refractivity (Wildman–Crippen MR) is 82.1 cm³/mol. The van der Waals surface area contributed by atoms with Crippen molar-refractivity contribution in [2.45, 2.75) is 38.0 Å². The van der Waals surface area contributed by atoms with Crippen LogP contribution in [-0.4, -0.2) is 25.0 Å². The van der Waals surface area contributed by atoms with Crippen molar-refractivity contribution in [1.82, 2.24) is 16.0 Å². The maximum atomic E-state index is 12.9. The molecule has 0 bridgehead atoms. The number of rotatable bonds is 5. The molecule has 0 aromatic heterocycles. The Bertz CT molecular complexity index is 615. The van der Waals surface area contributed by atoms with Gasteiger partial charge in [-0.25, -0.2) is 4.79 Å². The van der Waals surface area contributed by atoms with Crippen molar-refractivity contribution in [3.63, 3.8) is 0 Å². The lowest BCUT2D eigenvalue weighted by Crippen LogP contribution is -2.48. The van der Waals surface area contributed by atoms with Crippen molar-refractivity contribution < 1.29 is 22.8 Å². The fraction of sp³-hybridized carbons (Fsp3) is 0.500. The molecule has 0 radical (unpaired) electrons. The number of urea groups is 1. The number of amides is 3. The van der Waals surface area contributed by atoms with Gasteiger partial charge in [-0.2, -0.15) is 13.2 Å². The largest absolute Gasteiger partial charge is 0.416 e. The van der Waals surface area contributed by atoms with Crippen LogP contribution in [0, 0.1) is 5.92 Å². The molecule has 2 atom stereocenters. The van der Waals surface area contributed by atoms with Crippen molar-refractivity contribution >= 4 is 11.9 Å². The Morgan fingerprint density at radius 2 is 1.92 bits per heavy atom. The second-order valence-corrected chi connectivity index (χ2v) is 5.90. The van der Waals surface area contributed by atoms with Gasteiger partial charge in [-0.15, -0.1) is 0 Å². The van der Waals surface area contributed by atoms with E-state index in [4.69, 9.17) is 0 Å². The van der Waals surface area contributed by atoms with E-state index in [0.717, 1.165) is 25.0 Å². The molecule has 0 heterocycles. The third kappa shape index (κ3) is 4.70. The van der Waals surface area contributed by atoms with Crippen LogP contribution in [0.2, 0.25) is 0 Å². The Morgan fingerprint density at radius 1 is 1.25 bits per heavy atom. The number of halogens is 3. The molecule has 1 saturated carbocycles. The van der Waals surface area contributed by atoms with Gasteiger partial charge in [0.15, 0.2) is 0 Å². The standard InChI is InChI=1S/C16H20F3N3O2/c1-9(14(23)22-15(24)20-2)21-13(10-6-7-10)11-4-3-5-12(8-11)16(17,18)19/h3-5,8-10,13,21H,6-7H2,1-2H3,(H2,20,22,23,24)/t9-,13+/m1/s1. The number of imide groups is 1. The van der Waals surface area contributed by atoms with Crippen LogP contribution in [0.25, 0.3) is 0 Å². The molecule has 0 saturated heterocycles. The third-order valence-corrected chi connectivity index (χ3v) is 3.95. The van der Waals surface area contributed by atoms with Crippen LogP contribution in [0.1, 0.15) is 36.9 Å². The van der Waals surface area contributed by atoms with Gasteiger partial charge in [0, 0.05) is 13.1 Å². The summed E-state index contributed by atoms with van der Waals surface area (Å²) in [7, 11) is 1.39. The maximum Gasteiger partial charge on any atom is 0.416 e. The normalized spacial score (nSPS) is 17.0. The molecule has 8 heteroatoms. The zero-order valence-electron chi connectivity index (χ0n) is 13.4. The van der Waals surface area contributed by atoms with Gasteiger partial charge < -0.3 is 5.32 Å². The monoisotopic (exact) mass is 343 g/mol. The molecule has 0 unspecified atom stereocenters. The first-order valence-electron chi connectivity index (χ1n) is 7.68. The molecule has 132 valence electrons. The van der Waals surface area contributed by atoms with E-state index in [9.17, 15) is 22.8 Å². The fourth-order valence-corrected chi connectivity index (χ4v) is 2.47. The Labute approximate surface area is 138 Å². The van der Waals surface area contributed by atoms with Crippen LogP contribution in [0.4, 0.5) is 18.0 Å². The summed E-state index contributed by atoms with van der Waals surface area (Å²) >= 11 is 0. The van der Waals surface area contributed by atoms with E-state index < -0.39 is 29.7 Å². The SMILES string of the molecule is CNC(=O)NC(=O)[C@@H](C)N[C@H](c1cccc(C(F)(F)F)c1)C1CC1. The van der Waals surface area contributed by atoms with Gasteiger partial charge in [-0.3, -0.25) is 15.4 Å². The molecule has 24 heavy (non-hydrogen) atoms. The summed E-state index contributed by atoms with van der Waals surface area (Å²) < 4.78 is 38.7. The van der Waals surface area contributed by atoms with Gasteiger partial charge in [0.2, 0.25) is 5.91 Å². The van der Waals surface area contributed by atoms with E-state index in [1.54, 1.807) is 13.0 Å². The molecule has 1 aliphatic rings. The van der Waals surface area contributed by atoms with E-state index in [1.807, 2.05) is 0 Å². The van der Waals surface area contributed by atoms with Gasteiger partial charge >= 0.3 is 12.2 Å². The molecule has 5 nitrogen and oxygen atoms in total. The molecule has 0 spiro atoms. The average molecular weight is 343 g/mol. The zero-order chi connectivity index (χ0) is 17.9. The summed E-state index contributed by atoms with van der Waals surface area (Å²) in [6.45, 7) is 1.57. The van der Waals surface area contributed by atoms with Crippen LogP contribution >= 0.6 is 0 Å². The van der Waals surface area contributed by atoms with Gasteiger partial charge in [-0.05, 0) is 43.4 Å². The van der Waals surface area contributed by atoms with E-state index in [0.29, 0.717) is 5.56 Å². The molecule has 1 aromatic carbocycles. The highest BCUT2D eigenvalue weighted by Crippen LogP contribution is 2.42. The van der Waals surface area contributed by atoms with Crippen LogP contribution in [0.3, 0.4) is 0 Å². The maximum absolute atomic E-state index is 12.9. The minimum absolute atomic E-state index is 0.184. The highest BCUT2D eigenvalue weighted by atomic mass is 19.4. The molecular weight excluding hydrogens is 323 g/mol. The molecule has 0 aliphatic heterocycles. The number of hydrogen-bond acceptors (Lipinski definition) is 3. The number of benzene rings is 1. The number of hydrogen-bond donors (Lipinski definition) is 3. The van der Waals surface area contributed by atoms with Gasteiger partial charge in [0.25, 0.3) is 0 Å². The minimum Gasteiger partial charge on any atom is -0.341 e. The summed E-state index contributed by atoms with van der Waals surface area (Å²) in [5.74, 6) is -0.351. The van der Waals surface area contributed by atoms with Crippen LogP contribution in [-0.2, 0) is 11.0 Å².